The first-order valence-electron chi connectivity index (χ1n) is 10.0. The lowest BCUT2D eigenvalue weighted by atomic mass is 9.79. The molecule has 1 fully saturated rings. The quantitative estimate of drug-likeness (QED) is 0.358. The molecule has 0 spiro atoms. The van der Waals surface area contributed by atoms with Crippen LogP contribution >= 0.6 is 0 Å². The summed E-state index contributed by atoms with van der Waals surface area (Å²) in [6.45, 7) is 8.42. The van der Waals surface area contributed by atoms with Gasteiger partial charge in [0.1, 0.15) is 6.33 Å². The van der Waals surface area contributed by atoms with E-state index >= 15 is 0 Å². The van der Waals surface area contributed by atoms with Crippen molar-refractivity contribution in [2.24, 2.45) is 0 Å². The summed E-state index contributed by atoms with van der Waals surface area (Å²) in [5.74, 6) is -0.430. The van der Waals surface area contributed by atoms with Crippen molar-refractivity contribution < 1.29 is 14.5 Å². The summed E-state index contributed by atoms with van der Waals surface area (Å²) in [6, 6.07) is 6.57. The van der Waals surface area contributed by atoms with Crippen LogP contribution in [0.25, 0.3) is 0 Å². The van der Waals surface area contributed by atoms with E-state index in [1.54, 1.807) is 24.3 Å². The van der Waals surface area contributed by atoms with Gasteiger partial charge in [-0.15, -0.1) is 0 Å². The topological polar surface area (TPSA) is 131 Å². The zero-order valence-electron chi connectivity index (χ0n) is 18.4. The lowest BCUT2D eigenvalue weighted by Crippen LogP contribution is -2.60. The Balaban J connectivity index is 1.94. The maximum absolute atomic E-state index is 12.0. The molecular formula is C21H28N6O4. The van der Waals surface area contributed by atoms with Gasteiger partial charge in [-0.3, -0.25) is 10.1 Å². The van der Waals surface area contributed by atoms with Gasteiger partial charge in [0.05, 0.1) is 23.3 Å². The van der Waals surface area contributed by atoms with Gasteiger partial charge in [-0.1, -0.05) is 12.1 Å². The van der Waals surface area contributed by atoms with E-state index in [1.807, 2.05) is 0 Å². The Morgan fingerprint density at radius 2 is 1.77 bits per heavy atom. The molecule has 1 aliphatic heterocycles. The lowest BCUT2D eigenvalue weighted by Gasteiger charge is -2.46. The Kier molecular flexibility index (Phi) is 6.12. The molecule has 0 bridgehead atoms. The minimum Gasteiger partial charge on any atom is -0.465 e. The lowest BCUT2D eigenvalue weighted by molar-refractivity contribution is -0.383. The number of methoxy groups -OCH3 is 1. The van der Waals surface area contributed by atoms with Crippen molar-refractivity contribution in [3.63, 3.8) is 0 Å². The smallest absolute Gasteiger partial charge is 0.353 e. The molecule has 0 amide bonds. The highest BCUT2D eigenvalue weighted by Gasteiger charge is 2.38. The highest BCUT2D eigenvalue weighted by molar-refractivity contribution is 5.96. The Morgan fingerprint density at radius 3 is 2.39 bits per heavy atom. The summed E-state index contributed by atoms with van der Waals surface area (Å²) in [7, 11) is 1.27. The van der Waals surface area contributed by atoms with Crippen LogP contribution in [0.1, 0.15) is 50.9 Å². The van der Waals surface area contributed by atoms with Crippen LogP contribution in [0.5, 0.6) is 0 Å². The van der Waals surface area contributed by atoms with E-state index in [4.69, 9.17) is 4.74 Å². The number of nitrogens with one attached hydrogen (secondary N) is 3. The number of para-hydroxylation sites is 1. The number of carbonyl (C=O) groups excluding carboxylic acids is 1. The minimum atomic E-state index is -0.558. The monoisotopic (exact) mass is 428 g/mol. The van der Waals surface area contributed by atoms with Gasteiger partial charge in [-0.25, -0.2) is 14.8 Å². The van der Waals surface area contributed by atoms with Gasteiger partial charge in [0.15, 0.2) is 0 Å². The summed E-state index contributed by atoms with van der Waals surface area (Å²) >= 11 is 0. The summed E-state index contributed by atoms with van der Waals surface area (Å²) in [6.07, 6.45) is 2.80. The van der Waals surface area contributed by atoms with E-state index in [1.165, 1.54) is 13.4 Å². The van der Waals surface area contributed by atoms with Gasteiger partial charge in [-0.05, 0) is 52.7 Å². The molecule has 10 nitrogen and oxygen atoms in total. The first-order valence-corrected chi connectivity index (χ1v) is 10.0. The predicted molar refractivity (Wildman–Crippen MR) is 118 cm³/mol. The summed E-state index contributed by atoms with van der Waals surface area (Å²) in [5, 5.41) is 21.7. The normalized spacial score (nSPS) is 17.6. The molecule has 31 heavy (non-hydrogen) atoms. The first-order chi connectivity index (χ1) is 14.5. The fourth-order valence-corrected chi connectivity index (χ4v) is 4.37. The average Bonchev–Trinajstić information content (AvgIpc) is 2.65. The zero-order valence-corrected chi connectivity index (χ0v) is 18.4. The molecule has 0 aliphatic carbocycles. The summed E-state index contributed by atoms with van der Waals surface area (Å²) < 4.78 is 4.79. The molecule has 1 saturated heterocycles. The van der Waals surface area contributed by atoms with Crippen molar-refractivity contribution in [2.45, 2.75) is 57.7 Å². The molecular weight excluding hydrogens is 400 g/mol. The van der Waals surface area contributed by atoms with Gasteiger partial charge in [0.25, 0.3) is 0 Å². The number of esters is 1. The fraction of sp³-hybridized carbons (Fsp3) is 0.476. The number of piperidine rings is 1. The molecule has 0 unspecified atom stereocenters. The van der Waals surface area contributed by atoms with E-state index in [0.717, 1.165) is 12.8 Å². The predicted octanol–water partition coefficient (Wildman–Crippen LogP) is 3.64. The number of rotatable bonds is 6. The van der Waals surface area contributed by atoms with Gasteiger partial charge >= 0.3 is 11.7 Å². The van der Waals surface area contributed by atoms with Gasteiger partial charge in [0, 0.05) is 17.1 Å². The third kappa shape index (κ3) is 5.26. The van der Waals surface area contributed by atoms with E-state index < -0.39 is 10.9 Å². The third-order valence-electron chi connectivity index (χ3n) is 5.12. The van der Waals surface area contributed by atoms with E-state index in [2.05, 4.69) is 53.6 Å². The number of hydrogen-bond acceptors (Lipinski definition) is 9. The number of nitrogens with zero attached hydrogens (tertiary/aromatic N) is 3. The molecule has 3 rings (SSSR count). The third-order valence-corrected chi connectivity index (χ3v) is 5.12. The number of anilines is 3. The Hall–Kier alpha value is -3.27. The van der Waals surface area contributed by atoms with Crippen molar-refractivity contribution >= 4 is 29.0 Å². The Morgan fingerprint density at radius 1 is 1.16 bits per heavy atom. The molecule has 2 aromatic rings. The fourth-order valence-electron chi connectivity index (χ4n) is 4.37. The average molecular weight is 428 g/mol. The molecule has 0 radical (unpaired) electrons. The van der Waals surface area contributed by atoms with Crippen molar-refractivity contribution in [1.29, 1.82) is 0 Å². The second-order valence-electron chi connectivity index (χ2n) is 8.98. The van der Waals surface area contributed by atoms with Crippen LogP contribution in [0.2, 0.25) is 0 Å². The van der Waals surface area contributed by atoms with Crippen LogP contribution in [0.4, 0.5) is 23.0 Å². The molecule has 166 valence electrons. The van der Waals surface area contributed by atoms with Gasteiger partial charge < -0.3 is 20.7 Å². The molecule has 0 saturated carbocycles. The number of aromatic nitrogens is 2. The van der Waals surface area contributed by atoms with Crippen molar-refractivity contribution in [3.8, 4) is 0 Å². The summed E-state index contributed by atoms with van der Waals surface area (Å²) in [5.41, 5.74) is 0.0422. The molecule has 2 heterocycles. The molecule has 0 atom stereocenters. The van der Waals surface area contributed by atoms with Crippen LogP contribution in [0, 0.1) is 10.1 Å². The van der Waals surface area contributed by atoms with Crippen molar-refractivity contribution in [1.82, 2.24) is 15.3 Å². The van der Waals surface area contributed by atoms with Crippen LogP contribution in [-0.4, -0.2) is 45.1 Å². The number of hydrogen-bond donors (Lipinski definition) is 3. The summed E-state index contributed by atoms with van der Waals surface area (Å²) in [4.78, 5) is 31.7. The van der Waals surface area contributed by atoms with E-state index in [0.29, 0.717) is 5.69 Å². The number of nitro groups is 1. The van der Waals surface area contributed by atoms with E-state index in [-0.39, 0.29) is 40.0 Å². The maximum Gasteiger partial charge on any atom is 0.353 e. The van der Waals surface area contributed by atoms with Gasteiger partial charge in [-0.2, -0.15) is 0 Å². The second kappa shape index (κ2) is 8.46. The number of ether oxygens (including phenoxy) is 1. The zero-order chi connectivity index (χ0) is 22.8. The molecule has 3 N–H and O–H groups in total. The van der Waals surface area contributed by atoms with Crippen molar-refractivity contribution in [2.75, 3.05) is 17.7 Å². The highest BCUT2D eigenvalue weighted by Crippen LogP contribution is 2.35. The molecule has 1 aromatic carbocycles. The SMILES string of the molecule is COC(=O)c1ccccc1Nc1ncnc(NC2CC(C)(C)NC(C)(C)C2)c1[N+](=O)[O-]. The molecule has 10 heteroatoms. The van der Waals surface area contributed by atoms with Crippen LogP contribution in [-0.2, 0) is 4.74 Å². The van der Waals surface area contributed by atoms with Gasteiger partial charge in [0.2, 0.25) is 11.6 Å². The highest BCUT2D eigenvalue weighted by atomic mass is 16.6. The minimum absolute atomic E-state index is 0.00805. The largest absolute Gasteiger partial charge is 0.465 e. The second-order valence-corrected chi connectivity index (χ2v) is 8.98. The number of carbonyl (C=O) groups is 1. The van der Waals surface area contributed by atoms with Crippen LogP contribution in [0.15, 0.2) is 30.6 Å². The van der Waals surface area contributed by atoms with Crippen molar-refractivity contribution in [3.05, 3.63) is 46.3 Å². The van der Waals surface area contributed by atoms with E-state index in [9.17, 15) is 14.9 Å². The first kappa shape index (κ1) is 22.4. The van der Waals surface area contributed by atoms with Crippen LogP contribution < -0.4 is 16.0 Å². The Bertz CT molecular complexity index is 976. The Labute approximate surface area is 181 Å². The van der Waals surface area contributed by atoms with Crippen LogP contribution in [0.3, 0.4) is 0 Å². The molecule has 1 aromatic heterocycles. The molecule has 1 aliphatic rings. The standard InChI is InChI=1S/C21H28N6O4/c1-20(2)10-13(11-21(3,4)26-20)24-17-16(27(29)30)18(23-12-22-17)25-15-9-7-6-8-14(15)19(28)31-5/h6-9,12-13,26H,10-11H2,1-5H3,(H2,22,23,24,25). The maximum atomic E-state index is 12.0. The number of benzene rings is 1.